The second kappa shape index (κ2) is 4.34. The Morgan fingerprint density at radius 2 is 2.00 bits per heavy atom. The van der Waals surface area contributed by atoms with Gasteiger partial charge in [-0.25, -0.2) is 9.97 Å². The molecule has 0 aliphatic rings. The minimum Gasteiger partial charge on any atom is -0.421 e. The van der Waals surface area contributed by atoms with Gasteiger partial charge < -0.3 is 14.3 Å². The smallest absolute Gasteiger partial charge is 0.375 e. The summed E-state index contributed by atoms with van der Waals surface area (Å²) in [4.78, 5) is 25.3. The Morgan fingerprint density at radius 1 is 1.46 bits per heavy atom. The lowest BCUT2D eigenvalue weighted by Crippen LogP contribution is -1.92. The molecule has 0 saturated heterocycles. The Balaban J connectivity index is 2.76. The van der Waals surface area contributed by atoms with E-state index < -0.39 is 6.72 Å². The first-order chi connectivity index (χ1) is 6.01. The molecule has 0 unspecified atom stereocenters. The lowest BCUT2D eigenvalue weighted by atomic mass is 10.6. The third-order valence-electron chi connectivity index (χ3n) is 1.01. The van der Waals surface area contributed by atoms with Gasteiger partial charge >= 0.3 is 6.72 Å². The molecule has 0 aromatic carbocycles. The van der Waals surface area contributed by atoms with Gasteiger partial charge in [0.1, 0.15) is 0 Å². The van der Waals surface area contributed by atoms with Gasteiger partial charge in [0.2, 0.25) is 0 Å². The van der Waals surface area contributed by atoms with Crippen LogP contribution < -0.4 is 4.52 Å². The molecule has 2 N–H and O–H groups in total. The molecule has 1 aromatic heterocycles. The second-order valence-electron chi connectivity index (χ2n) is 1.99. The van der Waals surface area contributed by atoms with Gasteiger partial charge in [0.25, 0.3) is 0 Å². The van der Waals surface area contributed by atoms with Crippen LogP contribution in [-0.4, -0.2) is 26.0 Å². The molecule has 0 fully saturated rings. The maximum absolute atomic E-state index is 8.80. The molecule has 0 bridgehead atoms. The molecule has 1 rings (SSSR count). The number of nitrogens with zero attached hydrogens (tertiary/aromatic N) is 2. The van der Waals surface area contributed by atoms with Crippen molar-refractivity contribution in [3.05, 3.63) is 12.4 Å². The zero-order valence-corrected chi connectivity index (χ0v) is 9.14. The van der Waals surface area contributed by atoms with E-state index in [0.717, 1.165) is 0 Å². The normalized spacial score (nSPS) is 11.3. The predicted molar refractivity (Wildman–Crippen MR) is 53.2 cm³/mol. The highest BCUT2D eigenvalue weighted by Crippen LogP contribution is 2.37. The van der Waals surface area contributed by atoms with Crippen molar-refractivity contribution in [3.63, 3.8) is 0 Å². The van der Waals surface area contributed by atoms with Gasteiger partial charge in [-0.2, -0.15) is 0 Å². The number of aromatic nitrogens is 2. The molecule has 0 radical (unpaired) electrons. The Labute approximate surface area is 84.4 Å². The molecule has 0 spiro atoms. The summed E-state index contributed by atoms with van der Waals surface area (Å²) in [7, 11) is 0. The Kier molecular flexibility index (Phi) is 3.63. The predicted octanol–water partition coefficient (Wildman–Crippen LogP) is 0.786. The van der Waals surface area contributed by atoms with E-state index in [1.54, 1.807) is 0 Å². The number of hydrogen-bond donors (Lipinski definition) is 2. The molecule has 0 atom stereocenters. The van der Waals surface area contributed by atoms with Crippen molar-refractivity contribution >= 4 is 30.3 Å². The summed E-state index contributed by atoms with van der Waals surface area (Å²) < 4.78 is 4.60. The highest BCUT2D eigenvalue weighted by atomic mass is 32.5. The summed E-state index contributed by atoms with van der Waals surface area (Å²) in [5, 5.41) is 0.580. The van der Waals surface area contributed by atoms with E-state index in [1.165, 1.54) is 24.2 Å². The van der Waals surface area contributed by atoms with Crippen LogP contribution in [0, 0.1) is 0 Å². The van der Waals surface area contributed by atoms with Crippen molar-refractivity contribution in [1.29, 1.82) is 0 Å². The minimum atomic E-state index is -3.66. The third kappa shape index (κ3) is 4.02. The molecule has 72 valence electrons. The maximum atomic E-state index is 8.80. The van der Waals surface area contributed by atoms with E-state index in [9.17, 15) is 0 Å². The summed E-state index contributed by atoms with van der Waals surface area (Å²) >= 11 is 5.64. The zero-order chi connectivity index (χ0) is 9.90. The van der Waals surface area contributed by atoms with Crippen LogP contribution in [0.3, 0.4) is 0 Å². The van der Waals surface area contributed by atoms with E-state index in [-0.39, 0.29) is 5.75 Å². The molecule has 0 aliphatic heterocycles. The fraction of sp³-hybridized carbons (Fsp3) is 0.200. The molecule has 0 amide bonds. The lowest BCUT2D eigenvalue weighted by molar-refractivity contribution is 0.369. The highest BCUT2D eigenvalue weighted by Gasteiger charge is 2.10. The van der Waals surface area contributed by atoms with Gasteiger partial charge in [0.15, 0.2) is 10.9 Å². The molecule has 1 aromatic rings. The summed E-state index contributed by atoms with van der Waals surface area (Å²) in [5.41, 5.74) is 0. The fourth-order valence-corrected chi connectivity index (χ4v) is 1.54. The number of hydrogen-bond acceptors (Lipinski definition) is 5. The fourth-order valence-electron chi connectivity index (χ4n) is 0.594. The van der Waals surface area contributed by atoms with Gasteiger partial charge in [-0.15, -0.1) is 0 Å². The highest BCUT2D eigenvalue weighted by molar-refractivity contribution is 8.06. The molecular weight excluding hydrogens is 231 g/mol. The molecule has 0 aliphatic carbocycles. The summed E-state index contributed by atoms with van der Waals surface area (Å²) in [6.07, 6.45) is 4.51. The summed E-state index contributed by atoms with van der Waals surface area (Å²) in [6, 6.07) is 0. The average molecular weight is 238 g/mol. The van der Waals surface area contributed by atoms with Crippen LogP contribution >= 0.6 is 18.5 Å². The lowest BCUT2D eigenvalue weighted by Gasteiger charge is -2.08. The molecule has 1 heterocycles. The van der Waals surface area contributed by atoms with Gasteiger partial charge in [0.05, 0.1) is 12.4 Å². The van der Waals surface area contributed by atoms with Crippen molar-refractivity contribution in [2.45, 2.75) is 5.16 Å². The first-order valence-corrected chi connectivity index (χ1v) is 6.97. The number of thioether (sulfide) groups is 1. The van der Waals surface area contributed by atoms with Crippen LogP contribution in [0.25, 0.3) is 0 Å². The van der Waals surface area contributed by atoms with Gasteiger partial charge in [-0.05, 0) is 6.26 Å². The standard InChI is InChI=1S/C5H7N2O3PS2/c1-13-5-6-2-4(3-7-5)10-11(8,9)12/h2-3H,1H3,(H2,8,9,12). The van der Waals surface area contributed by atoms with E-state index in [2.05, 4.69) is 26.3 Å². The van der Waals surface area contributed by atoms with Gasteiger partial charge in [0, 0.05) is 11.8 Å². The molecular formula is C5H7N2O3PS2. The van der Waals surface area contributed by atoms with Crippen LogP contribution in [-0.2, 0) is 11.8 Å². The average Bonchev–Trinajstić information content (AvgIpc) is 2.03. The first kappa shape index (κ1) is 10.9. The van der Waals surface area contributed by atoms with Crippen molar-refractivity contribution in [3.8, 4) is 5.75 Å². The Morgan fingerprint density at radius 3 is 2.38 bits per heavy atom. The molecule has 0 saturated carbocycles. The van der Waals surface area contributed by atoms with Crippen molar-refractivity contribution in [2.24, 2.45) is 0 Å². The zero-order valence-electron chi connectivity index (χ0n) is 6.62. The van der Waals surface area contributed by atoms with Crippen LogP contribution in [0.15, 0.2) is 17.6 Å². The second-order valence-corrected chi connectivity index (χ2v) is 5.35. The van der Waals surface area contributed by atoms with E-state index in [0.29, 0.717) is 5.16 Å². The Bertz CT molecular complexity index is 325. The quantitative estimate of drug-likeness (QED) is 0.458. The van der Waals surface area contributed by atoms with Crippen LogP contribution in [0.5, 0.6) is 5.75 Å². The van der Waals surface area contributed by atoms with Crippen LogP contribution in [0.4, 0.5) is 0 Å². The van der Waals surface area contributed by atoms with E-state index in [1.807, 2.05) is 6.26 Å². The minimum absolute atomic E-state index is 0.158. The van der Waals surface area contributed by atoms with Crippen LogP contribution in [0.2, 0.25) is 0 Å². The number of rotatable bonds is 3. The molecule has 13 heavy (non-hydrogen) atoms. The molecule has 8 heteroatoms. The first-order valence-electron chi connectivity index (χ1n) is 3.12. The Hall–Kier alpha value is -0.200. The SMILES string of the molecule is CSc1ncc(OP(O)(O)=S)cn1. The van der Waals surface area contributed by atoms with Gasteiger partial charge in [-0.1, -0.05) is 11.8 Å². The largest absolute Gasteiger partial charge is 0.421 e. The van der Waals surface area contributed by atoms with E-state index in [4.69, 9.17) is 9.79 Å². The van der Waals surface area contributed by atoms with E-state index >= 15 is 0 Å². The molecule has 5 nitrogen and oxygen atoms in total. The van der Waals surface area contributed by atoms with Crippen molar-refractivity contribution < 1.29 is 14.3 Å². The monoisotopic (exact) mass is 238 g/mol. The topological polar surface area (TPSA) is 75.5 Å². The van der Waals surface area contributed by atoms with Crippen molar-refractivity contribution in [2.75, 3.05) is 6.26 Å². The van der Waals surface area contributed by atoms with Crippen LogP contribution in [0.1, 0.15) is 0 Å². The van der Waals surface area contributed by atoms with Gasteiger partial charge in [-0.3, -0.25) is 0 Å². The maximum Gasteiger partial charge on any atom is 0.375 e. The summed E-state index contributed by atoms with van der Waals surface area (Å²) in [6.45, 7) is -3.66. The van der Waals surface area contributed by atoms with Crippen molar-refractivity contribution in [1.82, 2.24) is 9.97 Å². The summed E-state index contributed by atoms with van der Waals surface area (Å²) in [5.74, 6) is 0.158. The third-order valence-corrected chi connectivity index (χ3v) is 2.26.